The predicted molar refractivity (Wildman–Crippen MR) is 143 cm³/mol. The van der Waals surface area contributed by atoms with Crippen LogP contribution in [0.15, 0.2) is 126 Å². The second-order valence-corrected chi connectivity index (χ2v) is 8.92. The SMILES string of the molecule is C(=NNc1ccccc1)c1c(C2c3ccccc3CC2c2ccccc2)ccc2ccccc12. The summed E-state index contributed by atoms with van der Waals surface area (Å²) in [5.74, 6) is 0.676. The minimum absolute atomic E-state index is 0.279. The molecule has 5 aromatic rings. The fourth-order valence-electron chi connectivity index (χ4n) is 5.40. The van der Waals surface area contributed by atoms with Gasteiger partial charge in [0.25, 0.3) is 0 Å². The van der Waals surface area contributed by atoms with E-state index in [4.69, 9.17) is 0 Å². The third-order valence-corrected chi connectivity index (χ3v) is 6.96. The maximum atomic E-state index is 4.67. The highest BCUT2D eigenvalue weighted by atomic mass is 15.3. The van der Waals surface area contributed by atoms with Crippen molar-refractivity contribution in [3.8, 4) is 0 Å². The highest BCUT2D eigenvalue weighted by Gasteiger charge is 2.35. The van der Waals surface area contributed by atoms with Gasteiger partial charge in [-0.1, -0.05) is 109 Å². The van der Waals surface area contributed by atoms with E-state index in [1.807, 2.05) is 36.5 Å². The van der Waals surface area contributed by atoms with Gasteiger partial charge in [-0.2, -0.15) is 5.10 Å². The lowest BCUT2D eigenvalue weighted by Crippen LogP contribution is -2.11. The molecule has 1 aliphatic rings. The Kier molecular flexibility index (Phi) is 5.41. The molecule has 0 heterocycles. The van der Waals surface area contributed by atoms with Crippen molar-refractivity contribution >= 4 is 22.7 Å². The lowest BCUT2D eigenvalue weighted by atomic mass is 9.79. The molecule has 2 unspecified atom stereocenters. The van der Waals surface area contributed by atoms with E-state index in [0.29, 0.717) is 5.92 Å². The van der Waals surface area contributed by atoms with Gasteiger partial charge in [-0.25, -0.2) is 0 Å². The van der Waals surface area contributed by atoms with Crippen LogP contribution in [0.1, 0.15) is 39.7 Å². The average molecular weight is 439 g/mol. The number of rotatable bonds is 5. The Morgan fingerprint density at radius 2 is 1.35 bits per heavy atom. The Labute approximate surface area is 200 Å². The quantitative estimate of drug-likeness (QED) is 0.220. The molecule has 0 aromatic heterocycles. The number of anilines is 1. The molecule has 2 heteroatoms. The van der Waals surface area contributed by atoms with Crippen LogP contribution in [0.3, 0.4) is 0 Å². The van der Waals surface area contributed by atoms with Crippen molar-refractivity contribution in [3.05, 3.63) is 149 Å². The lowest BCUT2D eigenvalue weighted by molar-refractivity contribution is 0.657. The van der Waals surface area contributed by atoms with Crippen LogP contribution in [-0.2, 0) is 6.42 Å². The maximum absolute atomic E-state index is 4.67. The number of hydrogen-bond donors (Lipinski definition) is 1. The van der Waals surface area contributed by atoms with Gasteiger partial charge in [0.2, 0.25) is 0 Å². The Hall–Kier alpha value is -4.17. The first-order valence-corrected chi connectivity index (χ1v) is 11.9. The molecule has 2 nitrogen and oxygen atoms in total. The number of benzene rings is 5. The second kappa shape index (κ2) is 8.99. The van der Waals surface area contributed by atoms with Crippen molar-refractivity contribution < 1.29 is 0 Å². The second-order valence-electron chi connectivity index (χ2n) is 8.92. The minimum Gasteiger partial charge on any atom is -0.279 e. The monoisotopic (exact) mass is 438 g/mol. The van der Waals surface area contributed by atoms with Crippen molar-refractivity contribution in [2.75, 3.05) is 5.43 Å². The van der Waals surface area contributed by atoms with E-state index in [-0.39, 0.29) is 5.92 Å². The van der Waals surface area contributed by atoms with Gasteiger partial charge in [-0.15, -0.1) is 0 Å². The number of fused-ring (bicyclic) bond motifs is 2. The van der Waals surface area contributed by atoms with Gasteiger partial charge < -0.3 is 0 Å². The summed E-state index contributed by atoms with van der Waals surface area (Å²) in [4.78, 5) is 0. The van der Waals surface area contributed by atoms with Crippen LogP contribution in [0.4, 0.5) is 5.69 Å². The first kappa shape index (κ1) is 20.4. The molecule has 0 saturated heterocycles. The summed E-state index contributed by atoms with van der Waals surface area (Å²) in [6.07, 6.45) is 3.06. The van der Waals surface area contributed by atoms with E-state index in [1.165, 1.54) is 38.6 Å². The van der Waals surface area contributed by atoms with Crippen LogP contribution in [-0.4, -0.2) is 6.21 Å². The van der Waals surface area contributed by atoms with E-state index in [9.17, 15) is 0 Å². The van der Waals surface area contributed by atoms with Gasteiger partial charge >= 0.3 is 0 Å². The molecule has 5 aromatic carbocycles. The highest BCUT2D eigenvalue weighted by Crippen LogP contribution is 2.49. The van der Waals surface area contributed by atoms with Crippen LogP contribution >= 0.6 is 0 Å². The van der Waals surface area contributed by atoms with Crippen LogP contribution in [0, 0.1) is 0 Å². The fourth-order valence-corrected chi connectivity index (χ4v) is 5.40. The average Bonchev–Trinajstić information content (AvgIpc) is 3.29. The van der Waals surface area contributed by atoms with Crippen molar-refractivity contribution in [1.29, 1.82) is 0 Å². The minimum atomic E-state index is 0.279. The number of nitrogens with zero attached hydrogens (tertiary/aromatic N) is 1. The van der Waals surface area contributed by atoms with Gasteiger partial charge in [0.1, 0.15) is 0 Å². The smallest absolute Gasteiger partial charge is 0.0561 e. The van der Waals surface area contributed by atoms with E-state index >= 15 is 0 Å². The molecule has 2 atom stereocenters. The van der Waals surface area contributed by atoms with Gasteiger partial charge in [0, 0.05) is 11.5 Å². The molecule has 34 heavy (non-hydrogen) atoms. The predicted octanol–water partition coefficient (Wildman–Crippen LogP) is 7.76. The summed E-state index contributed by atoms with van der Waals surface area (Å²) in [5.41, 5.74) is 11.0. The molecule has 0 saturated carbocycles. The van der Waals surface area contributed by atoms with Crippen molar-refractivity contribution in [2.24, 2.45) is 5.10 Å². The van der Waals surface area contributed by atoms with Gasteiger partial charge in [0.05, 0.1) is 11.9 Å². The third-order valence-electron chi connectivity index (χ3n) is 6.96. The molecular formula is C32H26N2. The zero-order valence-corrected chi connectivity index (χ0v) is 18.9. The van der Waals surface area contributed by atoms with Crippen LogP contribution in [0.2, 0.25) is 0 Å². The van der Waals surface area contributed by atoms with Crippen LogP contribution < -0.4 is 5.43 Å². The first-order valence-electron chi connectivity index (χ1n) is 11.9. The maximum Gasteiger partial charge on any atom is 0.0561 e. The summed E-state index contributed by atoms with van der Waals surface area (Å²) in [7, 11) is 0. The van der Waals surface area contributed by atoms with E-state index in [0.717, 1.165) is 12.1 Å². The zero-order chi connectivity index (χ0) is 22.7. The van der Waals surface area contributed by atoms with Gasteiger partial charge in [-0.05, 0) is 57.5 Å². The molecule has 0 fully saturated rings. The standard InChI is InChI=1S/C32H26N2/c1-3-11-23(12-4-1)30-21-25-14-8-10-18-28(25)32(30)29-20-19-24-13-7-9-17-27(24)31(29)22-33-34-26-15-5-2-6-16-26/h1-20,22,30,32,34H,21H2. The van der Waals surface area contributed by atoms with Gasteiger partial charge in [0.15, 0.2) is 0 Å². The van der Waals surface area contributed by atoms with E-state index in [1.54, 1.807) is 0 Å². The topological polar surface area (TPSA) is 24.4 Å². The van der Waals surface area contributed by atoms with Crippen molar-refractivity contribution in [1.82, 2.24) is 0 Å². The molecule has 0 radical (unpaired) electrons. The fraction of sp³-hybridized carbons (Fsp3) is 0.0938. The molecule has 164 valence electrons. The number of nitrogens with one attached hydrogen (secondary N) is 1. The van der Waals surface area contributed by atoms with Crippen LogP contribution in [0.5, 0.6) is 0 Å². The molecule has 1 aliphatic carbocycles. The molecular weight excluding hydrogens is 412 g/mol. The Balaban J connectivity index is 1.51. The highest BCUT2D eigenvalue weighted by molar-refractivity contribution is 6.02. The number of hydrogen-bond acceptors (Lipinski definition) is 2. The first-order chi connectivity index (χ1) is 16.9. The molecule has 6 rings (SSSR count). The summed E-state index contributed by atoms with van der Waals surface area (Å²) in [6, 6.07) is 43.2. The summed E-state index contributed by atoms with van der Waals surface area (Å²) in [5, 5.41) is 7.14. The summed E-state index contributed by atoms with van der Waals surface area (Å²) in [6.45, 7) is 0. The molecule has 0 bridgehead atoms. The molecule has 0 amide bonds. The zero-order valence-electron chi connectivity index (χ0n) is 18.9. The largest absolute Gasteiger partial charge is 0.279 e. The van der Waals surface area contributed by atoms with E-state index in [2.05, 4.69) is 102 Å². The lowest BCUT2D eigenvalue weighted by Gasteiger charge is -2.24. The van der Waals surface area contributed by atoms with Crippen molar-refractivity contribution in [2.45, 2.75) is 18.3 Å². The molecule has 0 spiro atoms. The summed E-state index contributed by atoms with van der Waals surface area (Å²) >= 11 is 0. The van der Waals surface area contributed by atoms with Crippen molar-refractivity contribution in [3.63, 3.8) is 0 Å². The molecule has 0 aliphatic heterocycles. The Morgan fingerprint density at radius 1 is 0.647 bits per heavy atom. The number of hydrazone groups is 1. The number of para-hydroxylation sites is 1. The van der Waals surface area contributed by atoms with Gasteiger partial charge in [-0.3, -0.25) is 5.43 Å². The summed E-state index contributed by atoms with van der Waals surface area (Å²) < 4.78 is 0. The van der Waals surface area contributed by atoms with E-state index < -0.39 is 0 Å². The third kappa shape index (κ3) is 3.78. The normalized spacial score (nSPS) is 17.2. The Morgan fingerprint density at radius 3 is 2.21 bits per heavy atom. The Bertz CT molecular complexity index is 1450. The van der Waals surface area contributed by atoms with Crippen LogP contribution in [0.25, 0.3) is 10.8 Å². The molecule has 1 N–H and O–H groups in total.